The Bertz CT molecular complexity index is 295. The number of amides is 1. The van der Waals surface area contributed by atoms with Gasteiger partial charge in [0.1, 0.15) is 0 Å². The molecule has 0 fully saturated rings. The normalized spacial score (nSPS) is 12.5. The highest BCUT2D eigenvalue weighted by atomic mass is 32.1. The van der Waals surface area contributed by atoms with Gasteiger partial charge < -0.3 is 5.32 Å². The highest BCUT2D eigenvalue weighted by Crippen LogP contribution is 2.06. The van der Waals surface area contributed by atoms with Crippen LogP contribution in [-0.4, -0.2) is 20.9 Å². The minimum absolute atomic E-state index is 0.112. The third kappa shape index (κ3) is 2.77. The van der Waals surface area contributed by atoms with Gasteiger partial charge in [-0.25, -0.2) is 0 Å². The predicted molar refractivity (Wildman–Crippen MR) is 55.0 cm³/mol. The summed E-state index contributed by atoms with van der Waals surface area (Å²) >= 11 is 4.01. The van der Waals surface area contributed by atoms with Gasteiger partial charge in [-0.15, -0.1) is 0 Å². The molecule has 4 nitrogen and oxygen atoms in total. The van der Waals surface area contributed by atoms with Gasteiger partial charge in [0, 0.05) is 12.7 Å². The fourth-order valence-electron chi connectivity index (χ4n) is 0.848. The molecule has 1 rings (SSSR count). The van der Waals surface area contributed by atoms with Crippen molar-refractivity contribution in [1.82, 2.24) is 9.78 Å². The van der Waals surface area contributed by atoms with Crippen LogP contribution in [0.4, 0.5) is 5.69 Å². The molecule has 0 radical (unpaired) electrons. The zero-order valence-electron chi connectivity index (χ0n) is 7.69. The highest BCUT2D eigenvalue weighted by molar-refractivity contribution is 7.81. The smallest absolute Gasteiger partial charge is 0.237 e. The van der Waals surface area contributed by atoms with Crippen LogP contribution in [0.2, 0.25) is 0 Å². The number of nitrogens with zero attached hydrogens (tertiary/aromatic N) is 2. The topological polar surface area (TPSA) is 46.9 Å². The second-order valence-corrected chi connectivity index (χ2v) is 3.52. The molecule has 1 heterocycles. The van der Waals surface area contributed by atoms with Crippen molar-refractivity contribution in [2.75, 3.05) is 5.32 Å². The van der Waals surface area contributed by atoms with Crippen molar-refractivity contribution in [3.05, 3.63) is 12.4 Å². The third-order valence-electron chi connectivity index (χ3n) is 1.60. The van der Waals surface area contributed by atoms with Crippen LogP contribution < -0.4 is 5.32 Å². The summed E-state index contributed by atoms with van der Waals surface area (Å²) in [5, 5.41) is 6.42. The number of aromatic nitrogens is 2. The first-order valence-electron chi connectivity index (χ1n) is 4.15. The van der Waals surface area contributed by atoms with Crippen LogP contribution in [0.15, 0.2) is 12.4 Å². The lowest BCUT2D eigenvalue weighted by atomic mass is 10.4. The molecule has 0 aliphatic heterocycles. The van der Waals surface area contributed by atoms with Gasteiger partial charge in [-0.05, 0) is 13.8 Å². The fraction of sp³-hybridized carbons (Fsp3) is 0.500. The van der Waals surface area contributed by atoms with Crippen molar-refractivity contribution < 1.29 is 4.79 Å². The van der Waals surface area contributed by atoms with Gasteiger partial charge in [0.2, 0.25) is 5.91 Å². The molecule has 0 saturated carbocycles. The summed E-state index contributed by atoms with van der Waals surface area (Å²) < 4.78 is 1.75. The summed E-state index contributed by atoms with van der Waals surface area (Å²) in [6.07, 6.45) is 3.41. The lowest BCUT2D eigenvalue weighted by Gasteiger charge is -2.03. The lowest BCUT2D eigenvalue weighted by Crippen LogP contribution is -2.19. The molecule has 0 bridgehead atoms. The Morgan fingerprint density at radius 3 is 3.00 bits per heavy atom. The molecule has 1 aromatic rings. The van der Waals surface area contributed by atoms with Gasteiger partial charge >= 0.3 is 0 Å². The summed E-state index contributed by atoms with van der Waals surface area (Å²) in [5.74, 6) is -0.112. The largest absolute Gasteiger partial charge is 0.322 e. The molecule has 0 saturated heterocycles. The summed E-state index contributed by atoms with van der Waals surface area (Å²) in [7, 11) is 0. The second-order valence-electron chi connectivity index (χ2n) is 2.75. The van der Waals surface area contributed by atoms with E-state index in [0.29, 0.717) is 5.69 Å². The average Bonchev–Trinajstić information content (AvgIpc) is 2.52. The van der Waals surface area contributed by atoms with Crippen molar-refractivity contribution in [3.63, 3.8) is 0 Å². The van der Waals surface area contributed by atoms with E-state index in [9.17, 15) is 4.79 Å². The van der Waals surface area contributed by atoms with Crippen molar-refractivity contribution >= 4 is 24.2 Å². The quantitative estimate of drug-likeness (QED) is 0.718. The molecule has 1 N–H and O–H groups in total. The summed E-state index contributed by atoms with van der Waals surface area (Å²) in [4.78, 5) is 11.2. The number of carbonyl (C=O) groups excluding carboxylic acids is 1. The van der Waals surface area contributed by atoms with Gasteiger partial charge in [0.25, 0.3) is 0 Å². The molecule has 1 amide bonds. The SMILES string of the molecule is CCn1cc(NC(=O)C(C)S)cn1. The van der Waals surface area contributed by atoms with Gasteiger partial charge in [-0.3, -0.25) is 9.48 Å². The van der Waals surface area contributed by atoms with Crippen LogP contribution in [0.1, 0.15) is 13.8 Å². The number of aryl methyl sites for hydroxylation is 1. The predicted octanol–water partition coefficient (Wildman–Crippen LogP) is 1.16. The van der Waals surface area contributed by atoms with Gasteiger partial charge in [0.15, 0.2) is 0 Å². The van der Waals surface area contributed by atoms with Crippen LogP contribution in [0.3, 0.4) is 0 Å². The van der Waals surface area contributed by atoms with E-state index in [1.165, 1.54) is 0 Å². The summed E-state index contributed by atoms with van der Waals surface area (Å²) in [6, 6.07) is 0. The second kappa shape index (κ2) is 4.32. The molecular weight excluding hydrogens is 186 g/mol. The molecule has 0 spiro atoms. The Hall–Kier alpha value is -0.970. The molecular formula is C8H13N3OS. The maximum absolute atomic E-state index is 11.2. The Kier molecular flexibility index (Phi) is 3.36. The van der Waals surface area contributed by atoms with Crippen molar-refractivity contribution in [2.45, 2.75) is 25.6 Å². The minimum atomic E-state index is -0.301. The van der Waals surface area contributed by atoms with E-state index >= 15 is 0 Å². The Labute approximate surface area is 82.7 Å². The molecule has 72 valence electrons. The van der Waals surface area contributed by atoms with Gasteiger partial charge in [-0.1, -0.05) is 0 Å². The number of hydrogen-bond donors (Lipinski definition) is 2. The van der Waals surface area contributed by atoms with Gasteiger partial charge in [0.05, 0.1) is 17.1 Å². The molecule has 13 heavy (non-hydrogen) atoms. The molecule has 0 aliphatic rings. The molecule has 1 atom stereocenters. The summed E-state index contributed by atoms with van der Waals surface area (Å²) in [6.45, 7) is 4.51. The molecule has 5 heteroatoms. The lowest BCUT2D eigenvalue weighted by molar-refractivity contribution is -0.115. The van der Waals surface area contributed by atoms with E-state index in [1.807, 2.05) is 6.92 Å². The summed E-state index contributed by atoms with van der Waals surface area (Å²) in [5.41, 5.74) is 0.716. The Morgan fingerprint density at radius 1 is 1.85 bits per heavy atom. The number of hydrogen-bond acceptors (Lipinski definition) is 3. The average molecular weight is 199 g/mol. The Morgan fingerprint density at radius 2 is 2.54 bits per heavy atom. The Balaban J connectivity index is 2.59. The van der Waals surface area contributed by atoms with E-state index in [4.69, 9.17) is 0 Å². The first kappa shape index (κ1) is 10.1. The van der Waals surface area contributed by atoms with Crippen LogP contribution in [0.25, 0.3) is 0 Å². The monoisotopic (exact) mass is 199 g/mol. The van der Waals surface area contributed by atoms with Gasteiger partial charge in [-0.2, -0.15) is 17.7 Å². The third-order valence-corrected chi connectivity index (χ3v) is 1.84. The maximum atomic E-state index is 11.2. The van der Waals surface area contributed by atoms with Crippen LogP contribution in [0, 0.1) is 0 Å². The number of thiol groups is 1. The van der Waals surface area contributed by atoms with Crippen molar-refractivity contribution in [3.8, 4) is 0 Å². The van der Waals surface area contributed by atoms with Crippen LogP contribution in [0.5, 0.6) is 0 Å². The zero-order valence-corrected chi connectivity index (χ0v) is 8.58. The van der Waals surface area contributed by atoms with E-state index in [0.717, 1.165) is 6.54 Å². The maximum Gasteiger partial charge on any atom is 0.237 e. The molecule has 1 unspecified atom stereocenters. The fourth-order valence-corrected chi connectivity index (χ4v) is 0.912. The first-order chi connectivity index (χ1) is 6.13. The van der Waals surface area contributed by atoms with E-state index in [2.05, 4.69) is 23.0 Å². The van der Waals surface area contributed by atoms with Crippen LogP contribution in [-0.2, 0) is 11.3 Å². The number of rotatable bonds is 3. The number of carbonyl (C=O) groups is 1. The van der Waals surface area contributed by atoms with E-state index < -0.39 is 0 Å². The molecule has 0 aromatic carbocycles. The minimum Gasteiger partial charge on any atom is -0.322 e. The van der Waals surface area contributed by atoms with Crippen molar-refractivity contribution in [1.29, 1.82) is 0 Å². The molecule has 1 aromatic heterocycles. The van der Waals surface area contributed by atoms with E-state index in [-0.39, 0.29) is 11.2 Å². The van der Waals surface area contributed by atoms with Crippen LogP contribution >= 0.6 is 12.6 Å². The zero-order chi connectivity index (χ0) is 9.84. The van der Waals surface area contributed by atoms with E-state index in [1.54, 1.807) is 24.0 Å². The van der Waals surface area contributed by atoms with Crippen molar-refractivity contribution in [2.24, 2.45) is 0 Å². The number of anilines is 1. The first-order valence-corrected chi connectivity index (χ1v) is 4.66. The standard InChI is InChI=1S/C8H13N3OS/c1-3-11-5-7(4-9-11)10-8(12)6(2)13/h4-6,13H,3H2,1-2H3,(H,10,12). The highest BCUT2D eigenvalue weighted by Gasteiger charge is 2.08. The molecule has 0 aliphatic carbocycles. The number of nitrogens with one attached hydrogen (secondary N) is 1.